The number of fused-ring (bicyclic) bond motifs is 1. The Bertz CT molecular complexity index is 1270. The fraction of sp³-hybridized carbons (Fsp3) is 0.423. The molecular weight excluding hydrogens is 444 g/mol. The minimum atomic E-state index is 0.0707. The number of nitrogens with zero attached hydrogens (tertiary/aromatic N) is 5. The van der Waals surface area contributed by atoms with Crippen LogP contribution in [0.2, 0.25) is 0 Å². The van der Waals surface area contributed by atoms with E-state index in [1.807, 2.05) is 23.1 Å². The molecule has 2 saturated heterocycles. The summed E-state index contributed by atoms with van der Waals surface area (Å²) in [5.74, 6) is 1.36. The number of anilines is 1. The first-order chi connectivity index (χ1) is 17.2. The summed E-state index contributed by atoms with van der Waals surface area (Å²) >= 11 is 0. The van der Waals surface area contributed by atoms with E-state index in [-0.39, 0.29) is 17.9 Å². The Morgan fingerprint density at radius 3 is 2.83 bits per heavy atom. The van der Waals surface area contributed by atoms with Crippen molar-refractivity contribution in [3.05, 3.63) is 42.4 Å². The number of piperidine rings is 1. The smallest absolute Gasteiger partial charge is 0.231 e. The molecule has 0 radical (unpaired) electrons. The van der Waals surface area contributed by atoms with E-state index in [4.69, 9.17) is 9.47 Å². The third kappa shape index (κ3) is 4.88. The molecule has 1 amide bonds. The zero-order chi connectivity index (χ0) is 24.2. The van der Waals surface area contributed by atoms with Gasteiger partial charge in [0.2, 0.25) is 11.8 Å². The summed E-state index contributed by atoms with van der Waals surface area (Å²) in [6.45, 7) is 2.80. The van der Waals surface area contributed by atoms with Crippen molar-refractivity contribution < 1.29 is 14.3 Å². The highest BCUT2D eigenvalue weighted by molar-refractivity contribution is 5.92. The number of carbonyl (C=O) groups is 1. The highest BCUT2D eigenvalue weighted by Gasteiger charge is 2.30. The lowest BCUT2D eigenvalue weighted by Crippen LogP contribution is -2.48. The van der Waals surface area contributed by atoms with Crippen LogP contribution in [0.15, 0.2) is 36.8 Å². The number of rotatable bonds is 5. The molecule has 0 spiro atoms. The molecule has 1 atom stereocenters. The van der Waals surface area contributed by atoms with E-state index < -0.39 is 0 Å². The van der Waals surface area contributed by atoms with Gasteiger partial charge in [0, 0.05) is 55.4 Å². The minimum absolute atomic E-state index is 0.0707. The van der Waals surface area contributed by atoms with Crippen LogP contribution in [0.4, 0.5) is 5.82 Å². The van der Waals surface area contributed by atoms with Gasteiger partial charge in [0.25, 0.3) is 0 Å². The molecule has 2 aliphatic rings. The van der Waals surface area contributed by atoms with E-state index in [0.29, 0.717) is 31.2 Å². The number of amides is 1. The van der Waals surface area contributed by atoms with Crippen LogP contribution in [-0.4, -0.2) is 65.2 Å². The average molecular weight is 473 g/mol. The maximum atomic E-state index is 13.0. The van der Waals surface area contributed by atoms with Crippen LogP contribution in [0.3, 0.4) is 0 Å². The lowest BCUT2D eigenvalue weighted by atomic mass is 9.96. The molecule has 1 N–H and O–H groups in total. The topological polar surface area (TPSA) is 113 Å². The van der Waals surface area contributed by atoms with Crippen LogP contribution in [0, 0.1) is 17.2 Å². The minimum Gasteiger partial charge on any atom is -0.480 e. The number of carbonyl (C=O) groups excluding carboxylic acids is 1. The predicted octanol–water partition coefficient (Wildman–Crippen LogP) is 3.40. The first-order valence-electron chi connectivity index (χ1n) is 12.0. The Kier molecular flexibility index (Phi) is 6.73. The van der Waals surface area contributed by atoms with Crippen molar-refractivity contribution in [2.24, 2.45) is 5.92 Å². The Morgan fingerprint density at radius 1 is 1.17 bits per heavy atom. The molecule has 9 heteroatoms. The number of ether oxygens (including phenoxy) is 2. The van der Waals surface area contributed by atoms with Crippen molar-refractivity contribution in [1.82, 2.24) is 19.9 Å². The predicted molar refractivity (Wildman–Crippen MR) is 131 cm³/mol. The van der Waals surface area contributed by atoms with E-state index in [1.165, 1.54) is 7.11 Å². The molecule has 3 aromatic rings. The molecule has 0 unspecified atom stereocenters. The number of pyridine rings is 1. The van der Waals surface area contributed by atoms with Crippen molar-refractivity contribution in [2.45, 2.75) is 31.7 Å². The largest absolute Gasteiger partial charge is 0.480 e. The summed E-state index contributed by atoms with van der Waals surface area (Å²) in [5.41, 5.74) is 2.91. The average Bonchev–Trinajstić information content (AvgIpc) is 2.93. The zero-order valence-electron chi connectivity index (χ0n) is 19.7. The SMILES string of the molecule is COc1ncc(-c2ccc3ncnc(N[C@H]4CCCN(C(=O)C5CCOCC5)C4)c3c2)cc1C#N. The second kappa shape index (κ2) is 10.2. The molecule has 2 aliphatic heterocycles. The quantitative estimate of drug-likeness (QED) is 0.601. The van der Waals surface area contributed by atoms with Crippen molar-refractivity contribution in [1.29, 1.82) is 5.26 Å². The zero-order valence-corrected chi connectivity index (χ0v) is 19.7. The molecule has 0 saturated carbocycles. The van der Waals surface area contributed by atoms with Crippen LogP contribution in [0.5, 0.6) is 5.88 Å². The maximum absolute atomic E-state index is 13.0. The van der Waals surface area contributed by atoms with Gasteiger partial charge in [-0.3, -0.25) is 4.79 Å². The highest BCUT2D eigenvalue weighted by atomic mass is 16.5. The van der Waals surface area contributed by atoms with Gasteiger partial charge in [-0.05, 0) is 49.4 Å². The van der Waals surface area contributed by atoms with Gasteiger partial charge in [0.1, 0.15) is 23.8 Å². The van der Waals surface area contributed by atoms with Crippen molar-refractivity contribution in [2.75, 3.05) is 38.7 Å². The van der Waals surface area contributed by atoms with Crippen LogP contribution >= 0.6 is 0 Å². The molecule has 180 valence electrons. The monoisotopic (exact) mass is 472 g/mol. The number of nitrogens with one attached hydrogen (secondary N) is 1. The molecule has 1 aromatic carbocycles. The van der Waals surface area contributed by atoms with Crippen LogP contribution in [0.25, 0.3) is 22.0 Å². The summed E-state index contributed by atoms with van der Waals surface area (Å²) < 4.78 is 10.6. The van der Waals surface area contributed by atoms with Gasteiger partial charge < -0.3 is 19.7 Å². The number of benzene rings is 1. The summed E-state index contributed by atoms with van der Waals surface area (Å²) in [6, 6.07) is 9.92. The molecule has 5 rings (SSSR count). The first-order valence-corrected chi connectivity index (χ1v) is 12.0. The molecule has 0 bridgehead atoms. The standard InChI is InChI=1S/C26H28N6O3/c1-34-25-19(13-27)11-20(14-28-25)18-4-5-23-22(12-18)24(30-16-29-23)31-21-3-2-8-32(15-21)26(33)17-6-9-35-10-7-17/h4-5,11-12,14,16-17,21H,2-3,6-10,15H2,1H3,(H,29,30,31)/t21-/m0/s1. The Morgan fingerprint density at radius 2 is 2.03 bits per heavy atom. The van der Waals surface area contributed by atoms with E-state index >= 15 is 0 Å². The Hall–Kier alpha value is -3.77. The van der Waals surface area contributed by atoms with Crippen LogP contribution in [0.1, 0.15) is 31.2 Å². The number of aromatic nitrogens is 3. The molecule has 2 aromatic heterocycles. The van der Waals surface area contributed by atoms with Gasteiger partial charge in [0.05, 0.1) is 12.6 Å². The van der Waals surface area contributed by atoms with E-state index in [1.54, 1.807) is 18.6 Å². The molecule has 35 heavy (non-hydrogen) atoms. The summed E-state index contributed by atoms with van der Waals surface area (Å²) in [7, 11) is 1.50. The first kappa shape index (κ1) is 23.0. The van der Waals surface area contributed by atoms with Gasteiger partial charge in [-0.25, -0.2) is 15.0 Å². The van der Waals surface area contributed by atoms with Gasteiger partial charge in [-0.2, -0.15) is 5.26 Å². The number of likely N-dealkylation sites (tertiary alicyclic amines) is 1. The number of hydrogen-bond donors (Lipinski definition) is 1. The summed E-state index contributed by atoms with van der Waals surface area (Å²) in [4.78, 5) is 28.3. The van der Waals surface area contributed by atoms with Gasteiger partial charge in [-0.15, -0.1) is 0 Å². The van der Waals surface area contributed by atoms with Crippen LogP contribution < -0.4 is 10.1 Å². The summed E-state index contributed by atoms with van der Waals surface area (Å²) in [5, 5.41) is 13.9. The Balaban J connectivity index is 1.38. The fourth-order valence-electron chi connectivity index (χ4n) is 4.90. The van der Waals surface area contributed by atoms with Crippen LogP contribution in [-0.2, 0) is 9.53 Å². The number of methoxy groups -OCH3 is 1. The normalized spacial score (nSPS) is 18.7. The van der Waals surface area contributed by atoms with E-state index in [9.17, 15) is 10.1 Å². The molecule has 2 fully saturated rings. The van der Waals surface area contributed by atoms with Crippen molar-refractivity contribution in [3.63, 3.8) is 0 Å². The Labute approximate surface area is 204 Å². The van der Waals surface area contributed by atoms with Gasteiger partial charge >= 0.3 is 0 Å². The molecule has 0 aliphatic carbocycles. The molecule has 9 nitrogen and oxygen atoms in total. The summed E-state index contributed by atoms with van der Waals surface area (Å²) in [6.07, 6.45) is 6.78. The fourth-order valence-corrected chi connectivity index (χ4v) is 4.90. The third-order valence-corrected chi connectivity index (χ3v) is 6.78. The van der Waals surface area contributed by atoms with Crippen molar-refractivity contribution >= 4 is 22.6 Å². The van der Waals surface area contributed by atoms with E-state index in [2.05, 4.69) is 26.3 Å². The highest BCUT2D eigenvalue weighted by Crippen LogP contribution is 2.30. The second-order valence-electron chi connectivity index (χ2n) is 9.00. The lowest BCUT2D eigenvalue weighted by Gasteiger charge is -2.36. The maximum Gasteiger partial charge on any atom is 0.231 e. The van der Waals surface area contributed by atoms with Crippen molar-refractivity contribution in [3.8, 4) is 23.1 Å². The molecule has 4 heterocycles. The third-order valence-electron chi connectivity index (χ3n) is 6.78. The second-order valence-corrected chi connectivity index (χ2v) is 9.00. The number of hydrogen-bond acceptors (Lipinski definition) is 8. The molecular formula is C26H28N6O3. The number of nitriles is 1. The van der Waals surface area contributed by atoms with Gasteiger partial charge in [0.15, 0.2) is 0 Å². The van der Waals surface area contributed by atoms with E-state index in [0.717, 1.165) is 60.1 Å². The van der Waals surface area contributed by atoms with Gasteiger partial charge in [-0.1, -0.05) is 6.07 Å². The lowest BCUT2D eigenvalue weighted by molar-refractivity contribution is -0.139.